The Balaban J connectivity index is 2.02. The van der Waals surface area contributed by atoms with E-state index in [2.05, 4.69) is 4.99 Å². The number of ether oxygens (including phenoxy) is 1. The zero-order chi connectivity index (χ0) is 18.0. The normalized spacial score (nSPS) is 13.6. The number of aromatic hydroxyl groups is 1. The predicted molar refractivity (Wildman–Crippen MR) is 94.3 cm³/mol. The first-order valence-corrected chi connectivity index (χ1v) is 8.57. The fraction of sp³-hybridized carbons (Fsp3) is 0.294. The molecule has 25 heavy (non-hydrogen) atoms. The fourth-order valence-electron chi connectivity index (χ4n) is 2.84. The largest absolute Gasteiger partial charge is 0.507 e. The van der Waals surface area contributed by atoms with Gasteiger partial charge in [0.15, 0.2) is 0 Å². The third kappa shape index (κ3) is 3.39. The number of nitro benzene ring substituents is 1. The average molecular weight is 360 g/mol. The number of methoxy groups -OCH3 is 1. The van der Waals surface area contributed by atoms with E-state index in [-0.39, 0.29) is 17.0 Å². The molecule has 0 fully saturated rings. The van der Waals surface area contributed by atoms with Crippen LogP contribution in [0.4, 0.5) is 10.7 Å². The highest BCUT2D eigenvalue weighted by molar-refractivity contribution is 7.16. The number of nitrogens with zero attached hydrogens (tertiary/aromatic N) is 2. The van der Waals surface area contributed by atoms with Crippen LogP contribution >= 0.6 is 11.3 Å². The van der Waals surface area contributed by atoms with Crippen LogP contribution < -0.4 is 0 Å². The van der Waals surface area contributed by atoms with Gasteiger partial charge >= 0.3 is 5.97 Å². The SMILES string of the molecule is COC(=O)c1c(N=Cc2cc([N+](=O)[O-])ccc2O)sc2c1CCCC2. The van der Waals surface area contributed by atoms with Crippen LogP contribution in [0.15, 0.2) is 23.2 Å². The molecule has 0 saturated heterocycles. The summed E-state index contributed by atoms with van der Waals surface area (Å²) in [6.07, 6.45) is 5.15. The first-order valence-electron chi connectivity index (χ1n) is 7.75. The zero-order valence-corrected chi connectivity index (χ0v) is 14.3. The summed E-state index contributed by atoms with van der Waals surface area (Å²) in [4.78, 5) is 27.9. The minimum atomic E-state index is -0.541. The number of rotatable bonds is 4. The van der Waals surface area contributed by atoms with Gasteiger partial charge in [0.25, 0.3) is 5.69 Å². The van der Waals surface area contributed by atoms with E-state index in [1.807, 2.05) is 0 Å². The maximum absolute atomic E-state index is 12.2. The summed E-state index contributed by atoms with van der Waals surface area (Å²) >= 11 is 1.43. The second-order valence-electron chi connectivity index (χ2n) is 5.64. The van der Waals surface area contributed by atoms with Gasteiger partial charge in [0.2, 0.25) is 0 Å². The van der Waals surface area contributed by atoms with Gasteiger partial charge in [-0.1, -0.05) is 0 Å². The van der Waals surface area contributed by atoms with E-state index in [0.717, 1.165) is 36.1 Å². The molecule has 0 atom stereocenters. The number of esters is 1. The molecule has 1 aromatic carbocycles. The number of aryl methyl sites for hydroxylation is 1. The lowest BCUT2D eigenvalue weighted by Gasteiger charge is -2.11. The fourth-order valence-corrected chi connectivity index (χ4v) is 4.06. The summed E-state index contributed by atoms with van der Waals surface area (Å²) in [6, 6.07) is 3.71. The first kappa shape index (κ1) is 17.1. The van der Waals surface area contributed by atoms with Crippen molar-refractivity contribution < 1.29 is 19.6 Å². The Hall–Kier alpha value is -2.74. The van der Waals surface area contributed by atoms with Crippen LogP contribution in [0, 0.1) is 10.1 Å². The van der Waals surface area contributed by atoms with Gasteiger partial charge in [-0.2, -0.15) is 0 Å². The summed E-state index contributed by atoms with van der Waals surface area (Å²) in [7, 11) is 1.33. The molecule has 0 saturated carbocycles. The lowest BCUT2D eigenvalue weighted by molar-refractivity contribution is -0.384. The van der Waals surface area contributed by atoms with Crippen LogP contribution in [-0.4, -0.2) is 29.3 Å². The van der Waals surface area contributed by atoms with Gasteiger partial charge in [-0.25, -0.2) is 9.79 Å². The topological polar surface area (TPSA) is 102 Å². The lowest BCUT2D eigenvalue weighted by atomic mass is 9.95. The number of non-ortho nitro benzene ring substituents is 1. The van der Waals surface area contributed by atoms with Crippen LogP contribution in [0.5, 0.6) is 5.75 Å². The van der Waals surface area contributed by atoms with Gasteiger partial charge in [-0.3, -0.25) is 10.1 Å². The summed E-state index contributed by atoms with van der Waals surface area (Å²) in [5.41, 5.74) is 1.52. The molecule has 0 unspecified atom stereocenters. The second-order valence-corrected chi connectivity index (χ2v) is 6.72. The smallest absolute Gasteiger partial charge is 0.341 e. The van der Waals surface area contributed by atoms with E-state index in [0.29, 0.717) is 10.6 Å². The van der Waals surface area contributed by atoms with Crippen molar-refractivity contribution in [3.8, 4) is 5.75 Å². The number of hydrogen-bond acceptors (Lipinski definition) is 7. The molecule has 0 radical (unpaired) electrons. The van der Waals surface area contributed by atoms with Crippen LogP contribution in [0.25, 0.3) is 0 Å². The van der Waals surface area contributed by atoms with Crippen molar-refractivity contribution in [3.05, 3.63) is 49.9 Å². The first-order chi connectivity index (χ1) is 12.0. The van der Waals surface area contributed by atoms with E-state index in [1.165, 1.54) is 42.9 Å². The van der Waals surface area contributed by atoms with Gasteiger partial charge < -0.3 is 9.84 Å². The Morgan fingerprint density at radius 1 is 1.40 bits per heavy atom. The molecule has 1 aliphatic rings. The summed E-state index contributed by atoms with van der Waals surface area (Å²) in [5.74, 6) is -0.551. The molecule has 7 nitrogen and oxygen atoms in total. The number of carbonyl (C=O) groups is 1. The molecular weight excluding hydrogens is 344 g/mol. The Bertz CT molecular complexity index is 872. The summed E-state index contributed by atoms with van der Waals surface area (Å²) < 4.78 is 4.88. The molecule has 2 aromatic rings. The lowest BCUT2D eigenvalue weighted by Crippen LogP contribution is -2.07. The van der Waals surface area contributed by atoms with Crippen molar-refractivity contribution in [1.29, 1.82) is 0 Å². The molecule has 3 rings (SSSR count). The van der Waals surface area contributed by atoms with Crippen molar-refractivity contribution in [1.82, 2.24) is 0 Å². The molecule has 1 aliphatic carbocycles. The van der Waals surface area contributed by atoms with Crippen LogP contribution in [0.2, 0.25) is 0 Å². The highest BCUT2D eigenvalue weighted by Gasteiger charge is 2.25. The van der Waals surface area contributed by atoms with Crippen LogP contribution in [0.3, 0.4) is 0 Å². The van der Waals surface area contributed by atoms with E-state index in [4.69, 9.17) is 4.74 Å². The maximum atomic E-state index is 12.2. The molecule has 130 valence electrons. The highest BCUT2D eigenvalue weighted by Crippen LogP contribution is 2.40. The van der Waals surface area contributed by atoms with Gasteiger partial charge in [-0.05, 0) is 37.3 Å². The van der Waals surface area contributed by atoms with Crippen molar-refractivity contribution >= 4 is 34.2 Å². The zero-order valence-electron chi connectivity index (χ0n) is 13.5. The summed E-state index contributed by atoms with van der Waals surface area (Å²) in [6.45, 7) is 0. The van der Waals surface area contributed by atoms with E-state index in [9.17, 15) is 20.0 Å². The molecule has 8 heteroatoms. The van der Waals surface area contributed by atoms with Gasteiger partial charge in [0, 0.05) is 28.8 Å². The Morgan fingerprint density at radius 3 is 2.88 bits per heavy atom. The number of thiophene rings is 1. The van der Waals surface area contributed by atoms with E-state index < -0.39 is 10.9 Å². The van der Waals surface area contributed by atoms with Crippen molar-refractivity contribution in [3.63, 3.8) is 0 Å². The van der Waals surface area contributed by atoms with Crippen molar-refractivity contribution in [2.45, 2.75) is 25.7 Å². The number of nitro groups is 1. The predicted octanol–water partition coefficient (Wildman–Crippen LogP) is 3.78. The Kier molecular flexibility index (Phi) is 4.80. The highest BCUT2D eigenvalue weighted by atomic mass is 32.1. The number of phenolic OH excluding ortho intramolecular Hbond substituents is 1. The number of benzene rings is 1. The van der Waals surface area contributed by atoms with Crippen LogP contribution in [-0.2, 0) is 17.6 Å². The van der Waals surface area contributed by atoms with Crippen molar-refractivity contribution in [2.75, 3.05) is 7.11 Å². The van der Waals surface area contributed by atoms with Gasteiger partial charge in [0.05, 0.1) is 17.6 Å². The van der Waals surface area contributed by atoms with E-state index in [1.54, 1.807) is 0 Å². The number of hydrogen-bond donors (Lipinski definition) is 1. The molecule has 1 N–H and O–H groups in total. The second kappa shape index (κ2) is 7.02. The minimum absolute atomic E-state index is 0.115. The molecule has 0 bridgehead atoms. The number of fused-ring (bicyclic) bond motifs is 1. The van der Waals surface area contributed by atoms with Crippen molar-refractivity contribution in [2.24, 2.45) is 4.99 Å². The van der Waals surface area contributed by atoms with Gasteiger partial charge in [0.1, 0.15) is 10.8 Å². The molecule has 1 aromatic heterocycles. The standard InChI is InChI=1S/C17H16N2O5S/c1-24-17(21)15-12-4-2-3-5-14(12)25-16(15)18-9-10-8-11(19(22)23)6-7-13(10)20/h6-9,20H,2-5H2,1H3. The Morgan fingerprint density at radius 2 is 2.16 bits per heavy atom. The Labute approximate surface area is 147 Å². The van der Waals surface area contributed by atoms with E-state index >= 15 is 0 Å². The monoisotopic (exact) mass is 360 g/mol. The minimum Gasteiger partial charge on any atom is -0.507 e. The number of aliphatic imine (C=N–C) groups is 1. The molecule has 0 amide bonds. The number of carbonyl (C=O) groups excluding carboxylic acids is 1. The van der Waals surface area contributed by atoms with Gasteiger partial charge in [-0.15, -0.1) is 11.3 Å². The molecular formula is C17H16N2O5S. The molecule has 0 spiro atoms. The molecule has 0 aliphatic heterocycles. The summed E-state index contributed by atoms with van der Waals surface area (Å²) in [5, 5.41) is 21.3. The number of phenols is 1. The maximum Gasteiger partial charge on any atom is 0.341 e. The third-order valence-electron chi connectivity index (χ3n) is 4.09. The average Bonchev–Trinajstić information content (AvgIpc) is 2.98. The quantitative estimate of drug-likeness (QED) is 0.387. The van der Waals surface area contributed by atoms with Crippen LogP contribution in [0.1, 0.15) is 39.2 Å². The molecule has 1 heterocycles. The third-order valence-corrected chi connectivity index (χ3v) is 5.28.